The van der Waals surface area contributed by atoms with Gasteiger partial charge in [0.15, 0.2) is 5.82 Å². The van der Waals surface area contributed by atoms with Crippen molar-refractivity contribution in [3.63, 3.8) is 0 Å². The van der Waals surface area contributed by atoms with Gasteiger partial charge in [-0.3, -0.25) is 4.79 Å². The number of aryl methyl sites for hydroxylation is 1. The van der Waals surface area contributed by atoms with Crippen LogP contribution in [-0.2, 0) is 17.4 Å². The van der Waals surface area contributed by atoms with Gasteiger partial charge in [0.05, 0.1) is 16.9 Å². The number of rotatable bonds is 7. The monoisotopic (exact) mass is 410 g/mol. The molecule has 1 fully saturated rings. The average Bonchev–Trinajstić information content (AvgIpc) is 3.33. The van der Waals surface area contributed by atoms with E-state index in [0.717, 1.165) is 38.1 Å². The van der Waals surface area contributed by atoms with Crippen LogP contribution in [0.4, 0.5) is 24.5 Å². The molecule has 0 radical (unpaired) electrons. The van der Waals surface area contributed by atoms with Crippen molar-refractivity contribution >= 4 is 17.3 Å². The largest absolute Gasteiger partial charge is 0.416 e. The van der Waals surface area contributed by atoms with Crippen LogP contribution in [0, 0.1) is 0 Å². The Labute approximate surface area is 167 Å². The van der Waals surface area contributed by atoms with E-state index >= 15 is 0 Å². The summed E-state index contributed by atoms with van der Waals surface area (Å²) in [5.41, 5.74) is 0.0526. The number of anilines is 2. The minimum absolute atomic E-state index is 0.148. The second-order valence-electron chi connectivity index (χ2n) is 7.53. The van der Waals surface area contributed by atoms with E-state index in [2.05, 4.69) is 15.5 Å². The number of benzene rings is 1. The van der Waals surface area contributed by atoms with Crippen LogP contribution in [0.2, 0.25) is 0 Å². The second-order valence-corrected chi connectivity index (χ2v) is 7.53. The summed E-state index contributed by atoms with van der Waals surface area (Å²) >= 11 is 0. The van der Waals surface area contributed by atoms with Gasteiger partial charge in [-0.15, -0.1) is 0 Å². The minimum atomic E-state index is -4.46. The fraction of sp³-hybridized carbons (Fsp3) is 0.550. The van der Waals surface area contributed by atoms with Crippen molar-refractivity contribution in [3.05, 3.63) is 35.5 Å². The maximum absolute atomic E-state index is 13.1. The number of carbonyl (C=O) groups is 1. The lowest BCUT2D eigenvalue weighted by Gasteiger charge is -2.23. The summed E-state index contributed by atoms with van der Waals surface area (Å²) in [5.74, 6) is 0.885. The molecule has 3 rings (SSSR count). The summed E-state index contributed by atoms with van der Waals surface area (Å²) in [5, 5.41) is 6.53. The number of hydrogen-bond acceptors (Lipinski definition) is 5. The lowest BCUT2D eigenvalue weighted by atomic mass is 10.1. The fourth-order valence-electron chi connectivity index (χ4n) is 3.26. The van der Waals surface area contributed by atoms with Gasteiger partial charge in [-0.1, -0.05) is 19.0 Å². The van der Waals surface area contributed by atoms with E-state index in [1.165, 1.54) is 6.07 Å². The third-order valence-corrected chi connectivity index (χ3v) is 4.84. The molecule has 0 bridgehead atoms. The van der Waals surface area contributed by atoms with Crippen LogP contribution >= 0.6 is 0 Å². The molecule has 2 heterocycles. The summed E-state index contributed by atoms with van der Waals surface area (Å²) in [6.45, 7) is 5.44. The van der Waals surface area contributed by atoms with Crippen molar-refractivity contribution in [1.29, 1.82) is 0 Å². The number of amides is 1. The van der Waals surface area contributed by atoms with E-state index < -0.39 is 11.7 Å². The quantitative estimate of drug-likeness (QED) is 0.712. The molecule has 0 atom stereocenters. The summed E-state index contributed by atoms with van der Waals surface area (Å²) in [6.07, 6.45) is -1.45. The molecule has 0 aliphatic carbocycles. The zero-order valence-electron chi connectivity index (χ0n) is 16.6. The second kappa shape index (κ2) is 8.84. The standard InChI is InChI=1S/C20H25F3N4O2/c1-13(2)19-25-18(29-26-19)7-5-6-17(28)24-15-12-14(20(21,22)23)8-9-16(15)27-10-3-4-11-27/h8-9,12-13H,3-7,10-11H2,1-2H3,(H,24,28). The van der Waals surface area contributed by atoms with Crippen LogP contribution in [0.5, 0.6) is 0 Å². The van der Waals surface area contributed by atoms with E-state index in [1.54, 1.807) is 0 Å². The zero-order valence-corrected chi connectivity index (χ0v) is 16.6. The lowest BCUT2D eigenvalue weighted by Crippen LogP contribution is -2.22. The summed E-state index contributed by atoms with van der Waals surface area (Å²) in [7, 11) is 0. The molecule has 1 aromatic heterocycles. The van der Waals surface area contributed by atoms with E-state index in [0.29, 0.717) is 30.2 Å². The molecule has 1 saturated heterocycles. The fourth-order valence-corrected chi connectivity index (χ4v) is 3.26. The predicted octanol–water partition coefficient (Wildman–Crippen LogP) is 4.77. The molecule has 1 aliphatic rings. The van der Waals surface area contributed by atoms with E-state index in [9.17, 15) is 18.0 Å². The van der Waals surface area contributed by atoms with Gasteiger partial charge in [-0.2, -0.15) is 18.2 Å². The number of carbonyl (C=O) groups excluding carboxylic acids is 1. The average molecular weight is 410 g/mol. The topological polar surface area (TPSA) is 71.3 Å². The highest BCUT2D eigenvalue weighted by Gasteiger charge is 2.32. The Morgan fingerprint density at radius 1 is 1.28 bits per heavy atom. The summed E-state index contributed by atoms with van der Waals surface area (Å²) in [6, 6.07) is 3.51. The van der Waals surface area contributed by atoms with Crippen molar-refractivity contribution in [1.82, 2.24) is 10.1 Å². The maximum Gasteiger partial charge on any atom is 0.416 e. The Kier molecular flexibility index (Phi) is 6.44. The van der Waals surface area contributed by atoms with Gasteiger partial charge in [0.25, 0.3) is 0 Å². The summed E-state index contributed by atoms with van der Waals surface area (Å²) < 4.78 is 44.5. The lowest BCUT2D eigenvalue weighted by molar-refractivity contribution is -0.137. The van der Waals surface area contributed by atoms with Crippen molar-refractivity contribution in [3.8, 4) is 0 Å². The van der Waals surface area contributed by atoms with Crippen LogP contribution in [0.1, 0.15) is 62.7 Å². The molecule has 6 nitrogen and oxygen atoms in total. The molecule has 0 unspecified atom stereocenters. The Hall–Kier alpha value is -2.58. The third-order valence-electron chi connectivity index (χ3n) is 4.84. The van der Waals surface area contributed by atoms with Crippen LogP contribution in [0.25, 0.3) is 0 Å². The Bertz CT molecular complexity index is 842. The Morgan fingerprint density at radius 2 is 2.00 bits per heavy atom. The van der Waals surface area contributed by atoms with E-state index in [1.807, 2.05) is 18.7 Å². The van der Waals surface area contributed by atoms with Gasteiger partial charge < -0.3 is 14.7 Å². The molecular weight excluding hydrogens is 385 g/mol. The molecule has 1 aliphatic heterocycles. The first kappa shape index (κ1) is 21.1. The molecule has 0 spiro atoms. The van der Waals surface area contributed by atoms with Gasteiger partial charge in [0.2, 0.25) is 11.8 Å². The molecule has 29 heavy (non-hydrogen) atoms. The highest BCUT2D eigenvalue weighted by molar-refractivity contribution is 5.94. The van der Waals surface area contributed by atoms with Crippen LogP contribution < -0.4 is 10.2 Å². The smallest absolute Gasteiger partial charge is 0.370 e. The van der Waals surface area contributed by atoms with Crippen LogP contribution in [0.3, 0.4) is 0 Å². The number of aromatic nitrogens is 2. The first-order valence-corrected chi connectivity index (χ1v) is 9.82. The SMILES string of the molecule is CC(C)c1noc(CCCC(=O)Nc2cc(C(F)(F)F)ccc2N2CCCC2)n1. The highest BCUT2D eigenvalue weighted by Crippen LogP contribution is 2.36. The predicted molar refractivity (Wildman–Crippen MR) is 103 cm³/mol. The molecule has 0 saturated carbocycles. The van der Waals surface area contributed by atoms with Gasteiger partial charge in [0, 0.05) is 31.8 Å². The van der Waals surface area contributed by atoms with Gasteiger partial charge >= 0.3 is 6.18 Å². The highest BCUT2D eigenvalue weighted by atomic mass is 19.4. The van der Waals surface area contributed by atoms with Gasteiger partial charge in [-0.05, 0) is 37.5 Å². The van der Waals surface area contributed by atoms with Gasteiger partial charge in [0.1, 0.15) is 0 Å². The van der Waals surface area contributed by atoms with Crippen LogP contribution in [-0.4, -0.2) is 29.1 Å². The Balaban J connectivity index is 1.64. The number of nitrogens with one attached hydrogen (secondary N) is 1. The summed E-state index contributed by atoms with van der Waals surface area (Å²) in [4.78, 5) is 18.6. The van der Waals surface area contributed by atoms with Gasteiger partial charge in [-0.25, -0.2) is 0 Å². The number of alkyl halides is 3. The van der Waals surface area contributed by atoms with Crippen LogP contribution in [0.15, 0.2) is 22.7 Å². The van der Waals surface area contributed by atoms with Crippen molar-refractivity contribution in [2.75, 3.05) is 23.3 Å². The molecule has 2 aromatic rings. The first-order valence-electron chi connectivity index (χ1n) is 9.82. The van der Waals surface area contributed by atoms with E-state index in [-0.39, 0.29) is 23.9 Å². The maximum atomic E-state index is 13.1. The zero-order chi connectivity index (χ0) is 21.0. The first-order chi connectivity index (χ1) is 13.7. The molecule has 158 valence electrons. The van der Waals surface area contributed by atoms with E-state index in [4.69, 9.17) is 4.52 Å². The third kappa shape index (κ3) is 5.48. The number of hydrogen-bond donors (Lipinski definition) is 1. The van der Waals surface area contributed by atoms with Crippen molar-refractivity contribution < 1.29 is 22.5 Å². The normalized spacial score (nSPS) is 14.6. The van der Waals surface area contributed by atoms with Crippen molar-refractivity contribution in [2.45, 2.75) is 58.0 Å². The Morgan fingerprint density at radius 3 is 2.62 bits per heavy atom. The molecular formula is C20H25F3N4O2. The molecule has 1 aromatic carbocycles. The van der Waals surface area contributed by atoms with Crippen molar-refractivity contribution in [2.24, 2.45) is 0 Å². The number of halogens is 3. The molecule has 1 N–H and O–H groups in total. The molecule has 9 heteroatoms. The molecule has 1 amide bonds. The number of nitrogens with zero attached hydrogens (tertiary/aromatic N) is 3. The minimum Gasteiger partial charge on any atom is -0.370 e.